The topological polar surface area (TPSA) is 12.0 Å². The van der Waals surface area contributed by atoms with Gasteiger partial charge in [0.15, 0.2) is 0 Å². The Balaban J connectivity index is 1.88. The van der Waals surface area contributed by atoms with Crippen LogP contribution in [-0.2, 0) is 6.42 Å². The average molecular weight is 229 g/mol. The number of hydrogen-bond acceptors (Lipinski definition) is 1. The Hall–Kier alpha value is -0.820. The Morgan fingerprint density at radius 1 is 1.24 bits per heavy atom. The van der Waals surface area contributed by atoms with E-state index in [0.717, 1.165) is 17.9 Å². The first kappa shape index (κ1) is 11.3. The molecule has 0 saturated carbocycles. The van der Waals surface area contributed by atoms with Gasteiger partial charge in [-0.2, -0.15) is 0 Å². The summed E-state index contributed by atoms with van der Waals surface area (Å²) in [4.78, 5) is 0. The minimum Gasteiger partial charge on any atom is -0.314 e. The molecule has 0 bridgehead atoms. The van der Waals surface area contributed by atoms with Crippen molar-refractivity contribution in [1.82, 2.24) is 5.32 Å². The van der Waals surface area contributed by atoms with Crippen molar-refractivity contribution < 1.29 is 0 Å². The van der Waals surface area contributed by atoms with Gasteiger partial charge < -0.3 is 5.32 Å². The van der Waals surface area contributed by atoms with E-state index < -0.39 is 0 Å². The van der Waals surface area contributed by atoms with Crippen LogP contribution in [0.1, 0.15) is 49.7 Å². The van der Waals surface area contributed by atoms with Crippen molar-refractivity contribution in [3.63, 3.8) is 0 Å². The molecule has 92 valence electrons. The quantitative estimate of drug-likeness (QED) is 0.818. The van der Waals surface area contributed by atoms with Crippen LogP contribution < -0.4 is 5.32 Å². The second-order valence-corrected chi connectivity index (χ2v) is 5.65. The van der Waals surface area contributed by atoms with Crippen LogP contribution in [0.4, 0.5) is 0 Å². The highest BCUT2D eigenvalue weighted by atomic mass is 14.9. The third-order valence-electron chi connectivity index (χ3n) is 4.70. The van der Waals surface area contributed by atoms with Crippen LogP contribution in [0.5, 0.6) is 0 Å². The molecule has 0 spiro atoms. The molecule has 1 N–H and O–H groups in total. The number of benzene rings is 1. The van der Waals surface area contributed by atoms with Crippen molar-refractivity contribution in [2.75, 3.05) is 6.54 Å². The lowest BCUT2D eigenvalue weighted by molar-refractivity contribution is 0.208. The summed E-state index contributed by atoms with van der Waals surface area (Å²) in [7, 11) is 0. The van der Waals surface area contributed by atoms with E-state index in [1.807, 2.05) is 0 Å². The molecule has 0 radical (unpaired) electrons. The van der Waals surface area contributed by atoms with E-state index in [1.54, 1.807) is 11.1 Å². The molecular formula is C16H23N. The van der Waals surface area contributed by atoms with Crippen molar-refractivity contribution in [3.05, 3.63) is 35.4 Å². The zero-order valence-electron chi connectivity index (χ0n) is 10.8. The smallest absolute Gasteiger partial charge is 0.0101 e. The third-order valence-corrected chi connectivity index (χ3v) is 4.70. The van der Waals surface area contributed by atoms with Crippen molar-refractivity contribution in [1.29, 1.82) is 0 Å². The molecule has 1 heterocycles. The van der Waals surface area contributed by atoms with E-state index in [1.165, 1.54) is 38.6 Å². The van der Waals surface area contributed by atoms with Gasteiger partial charge in [-0.05, 0) is 55.2 Å². The largest absolute Gasteiger partial charge is 0.314 e. The molecule has 3 rings (SSSR count). The van der Waals surface area contributed by atoms with Gasteiger partial charge in [-0.3, -0.25) is 0 Å². The molecule has 1 nitrogen and oxygen atoms in total. The highest BCUT2D eigenvalue weighted by Gasteiger charge is 2.36. The fourth-order valence-corrected chi connectivity index (χ4v) is 3.93. The van der Waals surface area contributed by atoms with Gasteiger partial charge in [0, 0.05) is 6.04 Å². The SMILES string of the molecule is CCCC1NCCC2c3ccccc3CCC12. The van der Waals surface area contributed by atoms with E-state index in [-0.39, 0.29) is 0 Å². The molecule has 1 aliphatic heterocycles. The molecule has 1 aromatic rings. The second-order valence-electron chi connectivity index (χ2n) is 5.65. The van der Waals surface area contributed by atoms with Gasteiger partial charge in [-0.1, -0.05) is 37.6 Å². The van der Waals surface area contributed by atoms with Gasteiger partial charge in [-0.25, -0.2) is 0 Å². The Morgan fingerprint density at radius 3 is 3.00 bits per heavy atom. The molecule has 17 heavy (non-hydrogen) atoms. The van der Waals surface area contributed by atoms with Crippen molar-refractivity contribution in [2.45, 2.75) is 51.0 Å². The summed E-state index contributed by atoms with van der Waals surface area (Å²) in [5.41, 5.74) is 3.28. The van der Waals surface area contributed by atoms with Gasteiger partial charge >= 0.3 is 0 Å². The van der Waals surface area contributed by atoms with Crippen LogP contribution in [0.3, 0.4) is 0 Å². The molecular weight excluding hydrogens is 206 g/mol. The molecule has 0 aromatic heterocycles. The first-order valence-electron chi connectivity index (χ1n) is 7.21. The highest BCUT2D eigenvalue weighted by Crippen LogP contribution is 2.42. The molecule has 1 fully saturated rings. The van der Waals surface area contributed by atoms with E-state index in [4.69, 9.17) is 0 Å². The predicted molar refractivity (Wildman–Crippen MR) is 72.3 cm³/mol. The zero-order chi connectivity index (χ0) is 11.7. The van der Waals surface area contributed by atoms with Gasteiger partial charge in [0.1, 0.15) is 0 Å². The maximum atomic E-state index is 3.75. The fourth-order valence-electron chi connectivity index (χ4n) is 3.93. The highest BCUT2D eigenvalue weighted by molar-refractivity contribution is 5.34. The number of rotatable bonds is 2. The van der Waals surface area contributed by atoms with Crippen LogP contribution >= 0.6 is 0 Å². The minimum absolute atomic E-state index is 0.770. The predicted octanol–water partition coefficient (Wildman–Crippen LogP) is 3.49. The van der Waals surface area contributed by atoms with Gasteiger partial charge in [-0.15, -0.1) is 0 Å². The summed E-state index contributed by atoms with van der Waals surface area (Å²) in [5.74, 6) is 1.72. The molecule has 1 aromatic carbocycles. The van der Waals surface area contributed by atoms with E-state index >= 15 is 0 Å². The Bertz CT molecular complexity index is 383. The molecule has 3 atom stereocenters. The Morgan fingerprint density at radius 2 is 2.12 bits per heavy atom. The van der Waals surface area contributed by atoms with E-state index in [9.17, 15) is 0 Å². The molecule has 0 amide bonds. The van der Waals surface area contributed by atoms with Crippen molar-refractivity contribution in [2.24, 2.45) is 5.92 Å². The lowest BCUT2D eigenvalue weighted by atomic mass is 9.68. The minimum atomic E-state index is 0.770. The summed E-state index contributed by atoms with van der Waals surface area (Å²) in [6.07, 6.45) is 6.67. The standard InChI is InChI=1S/C16H23N/c1-2-5-16-15-9-8-12-6-3-4-7-13(12)14(15)10-11-17-16/h3-4,6-7,14-17H,2,5,8-11H2,1H3. The Labute approximate surface area is 105 Å². The molecule has 1 aliphatic carbocycles. The first-order valence-corrected chi connectivity index (χ1v) is 7.21. The van der Waals surface area contributed by atoms with Gasteiger partial charge in [0.25, 0.3) is 0 Å². The van der Waals surface area contributed by atoms with Gasteiger partial charge in [0.2, 0.25) is 0 Å². The van der Waals surface area contributed by atoms with Crippen LogP contribution in [0.15, 0.2) is 24.3 Å². The second kappa shape index (κ2) is 4.81. The van der Waals surface area contributed by atoms with Crippen molar-refractivity contribution in [3.8, 4) is 0 Å². The maximum absolute atomic E-state index is 3.75. The average Bonchev–Trinajstić information content (AvgIpc) is 2.39. The fraction of sp³-hybridized carbons (Fsp3) is 0.625. The summed E-state index contributed by atoms with van der Waals surface area (Å²) in [5, 5.41) is 3.75. The van der Waals surface area contributed by atoms with Crippen LogP contribution in [0, 0.1) is 5.92 Å². The van der Waals surface area contributed by atoms with Crippen LogP contribution in [0.25, 0.3) is 0 Å². The monoisotopic (exact) mass is 229 g/mol. The Kier molecular flexibility index (Phi) is 3.19. The number of nitrogens with one attached hydrogen (secondary N) is 1. The van der Waals surface area contributed by atoms with Crippen LogP contribution in [-0.4, -0.2) is 12.6 Å². The molecule has 1 saturated heterocycles. The van der Waals surface area contributed by atoms with E-state index in [2.05, 4.69) is 36.5 Å². The van der Waals surface area contributed by atoms with Crippen LogP contribution in [0.2, 0.25) is 0 Å². The number of aryl methyl sites for hydroxylation is 1. The number of hydrogen-bond donors (Lipinski definition) is 1. The third kappa shape index (κ3) is 2.01. The lowest BCUT2D eigenvalue weighted by Gasteiger charge is -2.43. The van der Waals surface area contributed by atoms with Gasteiger partial charge in [0.05, 0.1) is 0 Å². The molecule has 3 unspecified atom stereocenters. The number of fused-ring (bicyclic) bond motifs is 3. The summed E-state index contributed by atoms with van der Waals surface area (Å²) in [6, 6.07) is 9.90. The number of piperidine rings is 1. The summed E-state index contributed by atoms with van der Waals surface area (Å²) < 4.78 is 0. The van der Waals surface area contributed by atoms with E-state index in [0.29, 0.717) is 0 Å². The molecule has 2 aliphatic rings. The maximum Gasteiger partial charge on any atom is 0.0101 e. The normalized spacial score (nSPS) is 31.7. The summed E-state index contributed by atoms with van der Waals surface area (Å²) in [6.45, 7) is 3.52. The first-order chi connectivity index (χ1) is 8.40. The lowest BCUT2D eigenvalue weighted by Crippen LogP contribution is -2.46. The zero-order valence-corrected chi connectivity index (χ0v) is 10.8. The molecule has 1 heteroatoms. The summed E-state index contributed by atoms with van der Waals surface area (Å²) >= 11 is 0. The van der Waals surface area contributed by atoms with Crippen molar-refractivity contribution >= 4 is 0 Å².